The van der Waals surface area contributed by atoms with E-state index in [0.29, 0.717) is 39.7 Å². The Kier molecular flexibility index (Phi) is 5.23. The standard InChI is InChI=1S/C31H22N2O3/c1-36-25-19-17-24(18-20-25)33-29(22-13-7-3-8-14-22)27-26(31(33)35)28(21-11-5-2-6-12-21)32(30(27)34)23-15-9-4-10-16-23/h2-20H,1H3. The molecule has 2 heterocycles. The van der Waals surface area contributed by atoms with E-state index in [1.165, 1.54) is 0 Å². The number of anilines is 2. The van der Waals surface area contributed by atoms with E-state index in [1.807, 2.05) is 115 Å². The molecule has 0 aliphatic carbocycles. The molecular formula is C31H22N2O3. The molecule has 2 aliphatic rings. The van der Waals surface area contributed by atoms with E-state index in [1.54, 1.807) is 16.9 Å². The quantitative estimate of drug-likeness (QED) is 0.364. The van der Waals surface area contributed by atoms with Crippen LogP contribution in [0, 0.1) is 0 Å². The zero-order valence-corrected chi connectivity index (χ0v) is 19.6. The van der Waals surface area contributed by atoms with Gasteiger partial charge in [0, 0.05) is 11.4 Å². The van der Waals surface area contributed by atoms with E-state index in [2.05, 4.69) is 0 Å². The van der Waals surface area contributed by atoms with E-state index in [0.717, 1.165) is 11.1 Å². The van der Waals surface area contributed by atoms with E-state index in [-0.39, 0.29) is 11.8 Å². The smallest absolute Gasteiger partial charge is 0.265 e. The summed E-state index contributed by atoms with van der Waals surface area (Å²) in [5.41, 5.74) is 4.97. The second-order valence-electron chi connectivity index (χ2n) is 8.49. The maximum Gasteiger partial charge on any atom is 0.265 e. The topological polar surface area (TPSA) is 49.9 Å². The van der Waals surface area contributed by atoms with Crippen LogP contribution in [0.4, 0.5) is 11.4 Å². The van der Waals surface area contributed by atoms with Gasteiger partial charge in [0.25, 0.3) is 11.8 Å². The Bertz CT molecular complexity index is 1520. The van der Waals surface area contributed by atoms with Gasteiger partial charge in [0.1, 0.15) is 5.75 Å². The first-order valence-corrected chi connectivity index (χ1v) is 11.7. The summed E-state index contributed by atoms with van der Waals surface area (Å²) in [5, 5.41) is 0. The van der Waals surface area contributed by atoms with Crippen molar-refractivity contribution in [3.63, 3.8) is 0 Å². The number of carbonyl (C=O) groups excluding carboxylic acids is 2. The molecule has 5 heteroatoms. The fourth-order valence-corrected chi connectivity index (χ4v) is 4.84. The first-order valence-electron chi connectivity index (χ1n) is 11.7. The number of para-hydroxylation sites is 1. The molecule has 0 saturated carbocycles. The molecule has 0 bridgehead atoms. The van der Waals surface area contributed by atoms with Crippen LogP contribution in [0.25, 0.3) is 11.4 Å². The molecule has 36 heavy (non-hydrogen) atoms. The Balaban J connectivity index is 1.65. The Hall–Kier alpha value is -4.90. The minimum Gasteiger partial charge on any atom is -0.497 e. The Morgan fingerprint density at radius 3 is 1.31 bits per heavy atom. The number of rotatable bonds is 5. The summed E-state index contributed by atoms with van der Waals surface area (Å²) in [4.78, 5) is 31.8. The minimum absolute atomic E-state index is 0.224. The number of methoxy groups -OCH3 is 1. The average molecular weight is 471 g/mol. The van der Waals surface area contributed by atoms with Crippen LogP contribution in [0.1, 0.15) is 11.1 Å². The van der Waals surface area contributed by atoms with Gasteiger partial charge in [0.2, 0.25) is 0 Å². The van der Waals surface area contributed by atoms with Gasteiger partial charge in [-0.1, -0.05) is 78.9 Å². The number of hydrogen-bond donors (Lipinski definition) is 0. The summed E-state index contributed by atoms with van der Waals surface area (Å²) in [6, 6.07) is 36.0. The van der Waals surface area contributed by atoms with Gasteiger partial charge in [0.05, 0.1) is 29.7 Å². The van der Waals surface area contributed by atoms with Crippen LogP contribution in [-0.2, 0) is 9.59 Å². The van der Waals surface area contributed by atoms with Crippen molar-refractivity contribution in [3.8, 4) is 5.75 Å². The number of fused-ring (bicyclic) bond motifs is 1. The highest BCUT2D eigenvalue weighted by atomic mass is 16.5. The van der Waals surface area contributed by atoms with Crippen LogP contribution in [0.5, 0.6) is 5.75 Å². The third-order valence-electron chi connectivity index (χ3n) is 6.44. The Morgan fingerprint density at radius 1 is 0.500 bits per heavy atom. The van der Waals surface area contributed by atoms with Crippen molar-refractivity contribution in [2.45, 2.75) is 0 Å². The van der Waals surface area contributed by atoms with Crippen molar-refractivity contribution in [2.24, 2.45) is 0 Å². The molecule has 0 spiro atoms. The molecule has 0 fully saturated rings. The van der Waals surface area contributed by atoms with Crippen molar-refractivity contribution in [3.05, 3.63) is 138 Å². The fourth-order valence-electron chi connectivity index (χ4n) is 4.84. The predicted molar refractivity (Wildman–Crippen MR) is 141 cm³/mol. The predicted octanol–water partition coefficient (Wildman–Crippen LogP) is 5.91. The second kappa shape index (κ2) is 8.71. The largest absolute Gasteiger partial charge is 0.497 e. The third-order valence-corrected chi connectivity index (χ3v) is 6.44. The highest BCUT2D eigenvalue weighted by Gasteiger charge is 2.49. The molecule has 0 saturated heterocycles. The molecule has 0 unspecified atom stereocenters. The monoisotopic (exact) mass is 470 g/mol. The van der Waals surface area contributed by atoms with Gasteiger partial charge in [-0.3, -0.25) is 19.4 Å². The molecule has 0 N–H and O–H groups in total. The summed E-state index contributed by atoms with van der Waals surface area (Å²) < 4.78 is 5.31. The fraction of sp³-hybridized carbons (Fsp3) is 0.0323. The van der Waals surface area contributed by atoms with Crippen molar-refractivity contribution in [1.29, 1.82) is 0 Å². The SMILES string of the molecule is COc1ccc(N2C(=O)C3=C(c4ccccc4)N(c4ccccc4)C(=O)C3=C2c2ccccc2)cc1. The molecule has 2 amide bonds. The number of ether oxygens (including phenoxy) is 1. The molecule has 2 aliphatic heterocycles. The molecule has 5 nitrogen and oxygen atoms in total. The van der Waals surface area contributed by atoms with E-state index >= 15 is 0 Å². The number of carbonyl (C=O) groups is 2. The highest BCUT2D eigenvalue weighted by Crippen LogP contribution is 2.49. The van der Waals surface area contributed by atoms with Crippen LogP contribution < -0.4 is 14.5 Å². The molecular weight excluding hydrogens is 448 g/mol. The van der Waals surface area contributed by atoms with Gasteiger partial charge in [-0.15, -0.1) is 0 Å². The Labute approximate surface area is 209 Å². The number of benzene rings is 4. The lowest BCUT2D eigenvalue weighted by Crippen LogP contribution is -2.29. The van der Waals surface area contributed by atoms with E-state index in [9.17, 15) is 9.59 Å². The second-order valence-corrected chi connectivity index (χ2v) is 8.49. The van der Waals surface area contributed by atoms with Gasteiger partial charge >= 0.3 is 0 Å². The van der Waals surface area contributed by atoms with Gasteiger partial charge in [-0.25, -0.2) is 0 Å². The van der Waals surface area contributed by atoms with Crippen LogP contribution in [0.3, 0.4) is 0 Å². The van der Waals surface area contributed by atoms with Crippen LogP contribution in [0.2, 0.25) is 0 Å². The Morgan fingerprint density at radius 2 is 0.889 bits per heavy atom. The maximum absolute atomic E-state index is 14.2. The zero-order valence-electron chi connectivity index (χ0n) is 19.6. The van der Waals surface area contributed by atoms with Gasteiger partial charge in [-0.2, -0.15) is 0 Å². The number of nitrogens with zero attached hydrogens (tertiary/aromatic N) is 2. The summed E-state index contributed by atoms with van der Waals surface area (Å²) in [6.45, 7) is 0. The van der Waals surface area contributed by atoms with E-state index < -0.39 is 0 Å². The average Bonchev–Trinajstić information content (AvgIpc) is 3.42. The van der Waals surface area contributed by atoms with Crippen LogP contribution >= 0.6 is 0 Å². The zero-order chi connectivity index (χ0) is 24.6. The molecule has 174 valence electrons. The first-order chi connectivity index (χ1) is 17.7. The van der Waals surface area contributed by atoms with Crippen LogP contribution in [-0.4, -0.2) is 18.9 Å². The molecule has 6 rings (SSSR count). The highest BCUT2D eigenvalue weighted by molar-refractivity contribution is 6.41. The van der Waals surface area contributed by atoms with E-state index in [4.69, 9.17) is 4.74 Å². The molecule has 0 aromatic heterocycles. The number of hydrogen-bond acceptors (Lipinski definition) is 3. The third kappa shape index (κ3) is 3.33. The normalized spacial score (nSPS) is 15.1. The number of amides is 2. The first kappa shape index (κ1) is 21.6. The lowest BCUT2D eigenvalue weighted by molar-refractivity contribution is -0.115. The van der Waals surface area contributed by atoms with Gasteiger partial charge < -0.3 is 4.74 Å². The van der Waals surface area contributed by atoms with Crippen LogP contribution in [0.15, 0.2) is 126 Å². The van der Waals surface area contributed by atoms with Crippen molar-refractivity contribution in [2.75, 3.05) is 16.9 Å². The molecule has 4 aromatic rings. The lowest BCUT2D eigenvalue weighted by Gasteiger charge is -2.25. The molecule has 4 aromatic carbocycles. The molecule has 0 atom stereocenters. The summed E-state index contributed by atoms with van der Waals surface area (Å²) >= 11 is 0. The van der Waals surface area contributed by atoms with Gasteiger partial charge in [-0.05, 0) is 47.5 Å². The van der Waals surface area contributed by atoms with Crippen molar-refractivity contribution < 1.29 is 14.3 Å². The summed E-state index contributed by atoms with van der Waals surface area (Å²) in [6.07, 6.45) is 0. The summed E-state index contributed by atoms with van der Waals surface area (Å²) in [5.74, 6) is 0.230. The summed E-state index contributed by atoms with van der Waals surface area (Å²) in [7, 11) is 1.60. The van der Waals surface area contributed by atoms with Crippen molar-refractivity contribution in [1.82, 2.24) is 0 Å². The lowest BCUT2D eigenvalue weighted by atomic mass is 10.0. The molecule has 0 radical (unpaired) electrons. The van der Waals surface area contributed by atoms with Gasteiger partial charge in [0.15, 0.2) is 0 Å². The maximum atomic E-state index is 14.2. The van der Waals surface area contributed by atoms with Crippen molar-refractivity contribution >= 4 is 34.6 Å². The minimum atomic E-state index is -0.236.